The van der Waals surface area contributed by atoms with Crippen LogP contribution in [0.3, 0.4) is 0 Å². The number of benzene rings is 2. The third-order valence-corrected chi connectivity index (χ3v) is 3.88. The Balaban J connectivity index is 1.53. The number of rotatable bonds is 8. The van der Waals surface area contributed by atoms with Crippen LogP contribution in [0.5, 0.6) is 11.5 Å². The van der Waals surface area contributed by atoms with E-state index < -0.39 is 5.82 Å². The summed E-state index contributed by atoms with van der Waals surface area (Å²) in [4.78, 5) is 16.2. The summed E-state index contributed by atoms with van der Waals surface area (Å²) in [5.41, 5.74) is 1.19. The predicted molar refractivity (Wildman–Crippen MR) is 99.4 cm³/mol. The fraction of sp³-hybridized carbons (Fsp3) is 0.200. The van der Waals surface area contributed by atoms with Crippen LogP contribution in [0.25, 0.3) is 0 Å². The molecule has 0 radical (unpaired) electrons. The average Bonchev–Trinajstić information content (AvgIpc) is 3.15. The topological polar surface area (TPSA) is 65.4 Å². The van der Waals surface area contributed by atoms with E-state index in [2.05, 4.69) is 10.3 Å². The number of hydrogen-bond acceptors (Lipinski definition) is 4. The van der Waals surface area contributed by atoms with Gasteiger partial charge >= 0.3 is 0 Å². The number of halogens is 1. The second kappa shape index (κ2) is 8.84. The number of aromatic nitrogens is 2. The van der Waals surface area contributed by atoms with Crippen molar-refractivity contribution in [3.8, 4) is 11.5 Å². The minimum absolute atomic E-state index is 0.0621. The number of carbonyl (C=O) groups excluding carboxylic acids is 1. The summed E-state index contributed by atoms with van der Waals surface area (Å²) in [7, 11) is 1.40. The summed E-state index contributed by atoms with van der Waals surface area (Å²) in [6, 6.07) is 11.6. The lowest BCUT2D eigenvalue weighted by molar-refractivity contribution is -0.115. The third-order valence-electron chi connectivity index (χ3n) is 3.88. The van der Waals surface area contributed by atoms with E-state index in [0.717, 1.165) is 0 Å². The van der Waals surface area contributed by atoms with Gasteiger partial charge in [0.15, 0.2) is 11.6 Å². The Hall–Kier alpha value is -3.35. The Morgan fingerprint density at radius 3 is 2.89 bits per heavy atom. The van der Waals surface area contributed by atoms with E-state index in [9.17, 15) is 9.18 Å². The van der Waals surface area contributed by atoms with E-state index in [-0.39, 0.29) is 18.1 Å². The van der Waals surface area contributed by atoms with E-state index >= 15 is 0 Å². The molecule has 27 heavy (non-hydrogen) atoms. The number of nitrogens with one attached hydrogen (secondary N) is 1. The van der Waals surface area contributed by atoms with Crippen molar-refractivity contribution in [1.82, 2.24) is 9.55 Å². The lowest BCUT2D eigenvalue weighted by Gasteiger charge is -2.10. The predicted octanol–water partition coefficient (Wildman–Crippen LogP) is 3.29. The Morgan fingerprint density at radius 1 is 1.26 bits per heavy atom. The fourth-order valence-electron chi connectivity index (χ4n) is 2.56. The SMILES string of the molecule is COc1ccc(CC(=O)Nc2cccc(OCCn3ccnc3)c2)cc1F. The smallest absolute Gasteiger partial charge is 0.228 e. The van der Waals surface area contributed by atoms with Crippen molar-refractivity contribution >= 4 is 11.6 Å². The summed E-state index contributed by atoms with van der Waals surface area (Å²) >= 11 is 0. The molecule has 0 aliphatic rings. The lowest BCUT2D eigenvalue weighted by Crippen LogP contribution is -2.14. The molecule has 2 aromatic carbocycles. The van der Waals surface area contributed by atoms with Gasteiger partial charge in [-0.25, -0.2) is 9.37 Å². The van der Waals surface area contributed by atoms with E-state index in [1.807, 2.05) is 16.8 Å². The van der Waals surface area contributed by atoms with Gasteiger partial charge in [-0.3, -0.25) is 4.79 Å². The Morgan fingerprint density at radius 2 is 2.15 bits per heavy atom. The standard InChI is InChI=1S/C20H20FN3O3/c1-26-19-6-5-15(11-18(19)21)12-20(25)23-16-3-2-4-17(13-16)27-10-9-24-8-7-22-14-24/h2-8,11,13-14H,9-10,12H2,1H3,(H,23,25). The van der Waals surface area contributed by atoms with Crippen LogP contribution in [0.2, 0.25) is 0 Å². The summed E-state index contributed by atoms with van der Waals surface area (Å²) in [5, 5.41) is 2.79. The summed E-state index contributed by atoms with van der Waals surface area (Å²) in [6.45, 7) is 1.17. The van der Waals surface area contributed by atoms with Crippen molar-refractivity contribution < 1.29 is 18.7 Å². The summed E-state index contributed by atoms with van der Waals surface area (Å²) < 4.78 is 26.2. The number of imidazole rings is 1. The van der Waals surface area contributed by atoms with E-state index in [0.29, 0.717) is 30.2 Å². The first-order valence-corrected chi connectivity index (χ1v) is 8.45. The molecule has 6 nitrogen and oxygen atoms in total. The Labute approximate surface area is 156 Å². The normalized spacial score (nSPS) is 10.4. The molecule has 1 aromatic heterocycles. The second-order valence-electron chi connectivity index (χ2n) is 5.87. The van der Waals surface area contributed by atoms with Gasteiger partial charge in [-0.15, -0.1) is 0 Å². The van der Waals surface area contributed by atoms with Crippen molar-refractivity contribution in [3.05, 3.63) is 72.6 Å². The maximum absolute atomic E-state index is 13.7. The van der Waals surface area contributed by atoms with Crippen LogP contribution in [-0.4, -0.2) is 29.2 Å². The molecule has 140 valence electrons. The maximum Gasteiger partial charge on any atom is 0.228 e. The van der Waals surface area contributed by atoms with Crippen LogP contribution in [-0.2, 0) is 17.8 Å². The van der Waals surface area contributed by atoms with Crippen LogP contribution < -0.4 is 14.8 Å². The first kappa shape index (κ1) is 18.4. The first-order chi connectivity index (χ1) is 13.1. The van der Waals surface area contributed by atoms with Crippen LogP contribution in [0.15, 0.2) is 61.2 Å². The van der Waals surface area contributed by atoms with Gasteiger partial charge in [0.05, 0.1) is 26.4 Å². The van der Waals surface area contributed by atoms with Crippen molar-refractivity contribution in [1.29, 1.82) is 0 Å². The quantitative estimate of drug-likeness (QED) is 0.662. The molecular formula is C20H20FN3O3. The summed E-state index contributed by atoms with van der Waals surface area (Å²) in [5.74, 6) is 0.0781. The highest BCUT2D eigenvalue weighted by Gasteiger charge is 2.08. The Bertz CT molecular complexity index is 897. The van der Waals surface area contributed by atoms with E-state index in [1.165, 1.54) is 19.2 Å². The van der Waals surface area contributed by atoms with Gasteiger partial charge < -0.3 is 19.4 Å². The average molecular weight is 369 g/mol. The molecule has 0 spiro atoms. The van der Waals surface area contributed by atoms with Gasteiger partial charge in [-0.2, -0.15) is 0 Å². The molecule has 0 aliphatic heterocycles. The number of methoxy groups -OCH3 is 1. The molecule has 0 saturated heterocycles. The molecule has 0 unspecified atom stereocenters. The zero-order chi connectivity index (χ0) is 19.1. The highest BCUT2D eigenvalue weighted by molar-refractivity contribution is 5.92. The molecule has 1 N–H and O–H groups in total. The zero-order valence-electron chi connectivity index (χ0n) is 14.9. The minimum atomic E-state index is -0.490. The maximum atomic E-state index is 13.7. The molecular weight excluding hydrogens is 349 g/mol. The minimum Gasteiger partial charge on any atom is -0.494 e. The molecule has 1 heterocycles. The van der Waals surface area contributed by atoms with Crippen molar-refractivity contribution in [3.63, 3.8) is 0 Å². The lowest BCUT2D eigenvalue weighted by atomic mass is 10.1. The zero-order valence-corrected chi connectivity index (χ0v) is 14.9. The highest BCUT2D eigenvalue weighted by Crippen LogP contribution is 2.20. The van der Waals surface area contributed by atoms with Crippen LogP contribution in [0.4, 0.5) is 10.1 Å². The molecule has 0 fully saturated rings. The van der Waals surface area contributed by atoms with Gasteiger partial charge in [0.2, 0.25) is 5.91 Å². The van der Waals surface area contributed by atoms with Crippen molar-refractivity contribution in [2.45, 2.75) is 13.0 Å². The van der Waals surface area contributed by atoms with Gasteiger partial charge in [0.1, 0.15) is 12.4 Å². The van der Waals surface area contributed by atoms with Gasteiger partial charge in [0.25, 0.3) is 0 Å². The van der Waals surface area contributed by atoms with Crippen LogP contribution in [0.1, 0.15) is 5.56 Å². The van der Waals surface area contributed by atoms with Crippen molar-refractivity contribution in [2.24, 2.45) is 0 Å². The number of anilines is 1. The highest BCUT2D eigenvalue weighted by atomic mass is 19.1. The second-order valence-corrected chi connectivity index (χ2v) is 5.87. The van der Waals surface area contributed by atoms with E-state index in [1.54, 1.807) is 36.8 Å². The molecule has 0 saturated carbocycles. The van der Waals surface area contributed by atoms with Gasteiger partial charge in [-0.1, -0.05) is 12.1 Å². The molecule has 7 heteroatoms. The molecule has 3 rings (SSSR count). The van der Waals surface area contributed by atoms with E-state index in [4.69, 9.17) is 9.47 Å². The summed E-state index contributed by atoms with van der Waals surface area (Å²) in [6.07, 6.45) is 5.36. The monoisotopic (exact) mass is 369 g/mol. The number of hydrogen-bond donors (Lipinski definition) is 1. The molecule has 3 aromatic rings. The Kier molecular flexibility index (Phi) is 6.04. The first-order valence-electron chi connectivity index (χ1n) is 8.45. The van der Waals surface area contributed by atoms with Crippen LogP contribution in [0, 0.1) is 5.82 Å². The van der Waals surface area contributed by atoms with Gasteiger partial charge in [-0.05, 0) is 29.8 Å². The molecule has 0 bridgehead atoms. The number of ether oxygens (including phenoxy) is 2. The van der Waals surface area contributed by atoms with Gasteiger partial charge in [0, 0.05) is 24.1 Å². The fourth-order valence-corrected chi connectivity index (χ4v) is 2.56. The van der Waals surface area contributed by atoms with Crippen LogP contribution >= 0.6 is 0 Å². The molecule has 0 atom stereocenters. The van der Waals surface area contributed by atoms with Crippen molar-refractivity contribution in [2.75, 3.05) is 19.0 Å². The number of amides is 1. The molecule has 0 aliphatic carbocycles. The molecule has 1 amide bonds. The largest absolute Gasteiger partial charge is 0.494 e. The third kappa shape index (κ3) is 5.31. The number of nitrogens with zero attached hydrogens (tertiary/aromatic N) is 2. The number of carbonyl (C=O) groups is 1.